The summed E-state index contributed by atoms with van der Waals surface area (Å²) in [6, 6.07) is 2.63. The highest BCUT2D eigenvalue weighted by Gasteiger charge is 2.28. The molecule has 20 heavy (non-hydrogen) atoms. The molecule has 2 aromatic heterocycles. The number of rotatable bonds is 2. The quantitative estimate of drug-likeness (QED) is 0.790. The zero-order valence-electron chi connectivity index (χ0n) is 12.2. The summed E-state index contributed by atoms with van der Waals surface area (Å²) in [4.78, 5) is 10.9. The van der Waals surface area contributed by atoms with Crippen LogP contribution in [0.5, 0.6) is 0 Å². The Morgan fingerprint density at radius 3 is 2.95 bits per heavy atom. The second-order valence-corrected chi connectivity index (χ2v) is 8.09. The maximum atomic E-state index is 6.05. The average molecular weight is 310 g/mol. The van der Waals surface area contributed by atoms with Crippen LogP contribution in [0.4, 0.5) is 5.82 Å². The minimum atomic E-state index is 0.330. The van der Waals surface area contributed by atoms with Crippen molar-refractivity contribution in [1.82, 2.24) is 9.97 Å². The van der Waals surface area contributed by atoms with E-state index in [1.807, 2.05) is 0 Å². The van der Waals surface area contributed by atoms with E-state index >= 15 is 0 Å². The second-order valence-electron chi connectivity index (χ2n) is 6.52. The third-order valence-electron chi connectivity index (χ3n) is 4.03. The Labute approximate surface area is 128 Å². The molecule has 2 aromatic rings. The van der Waals surface area contributed by atoms with Crippen LogP contribution >= 0.6 is 22.9 Å². The van der Waals surface area contributed by atoms with Gasteiger partial charge in [0.25, 0.3) is 0 Å². The van der Waals surface area contributed by atoms with E-state index in [2.05, 4.69) is 42.1 Å². The van der Waals surface area contributed by atoms with Crippen molar-refractivity contribution in [3.05, 3.63) is 16.2 Å². The maximum absolute atomic E-state index is 6.05. The fourth-order valence-corrected chi connectivity index (χ4v) is 4.24. The van der Waals surface area contributed by atoms with Crippen LogP contribution in [0.25, 0.3) is 10.2 Å². The summed E-state index contributed by atoms with van der Waals surface area (Å²) in [5.74, 6) is 0.895. The average Bonchev–Trinajstić information content (AvgIpc) is 2.68. The first-order valence-corrected chi connectivity index (χ1v) is 8.33. The Bertz CT molecular complexity index is 635. The van der Waals surface area contributed by atoms with E-state index in [1.165, 1.54) is 30.6 Å². The molecule has 3 rings (SSSR count). The van der Waals surface area contributed by atoms with Crippen molar-refractivity contribution in [1.29, 1.82) is 0 Å². The summed E-state index contributed by atoms with van der Waals surface area (Å²) in [5.41, 5.74) is 0.413. The molecule has 0 spiro atoms. The van der Waals surface area contributed by atoms with E-state index in [0.717, 1.165) is 16.0 Å². The van der Waals surface area contributed by atoms with Gasteiger partial charge >= 0.3 is 0 Å². The SMILES string of the molecule is Cc1cc2c(NC3CCCC(C)(C)C3)nc(Cl)nc2s1. The lowest BCUT2D eigenvalue weighted by Gasteiger charge is -2.35. The molecule has 0 saturated heterocycles. The van der Waals surface area contributed by atoms with Crippen LogP contribution in [0.3, 0.4) is 0 Å². The van der Waals surface area contributed by atoms with Crippen LogP contribution in [0.1, 0.15) is 44.4 Å². The molecular weight excluding hydrogens is 290 g/mol. The number of aromatic nitrogens is 2. The van der Waals surface area contributed by atoms with Crippen molar-refractivity contribution in [3.8, 4) is 0 Å². The highest BCUT2D eigenvalue weighted by atomic mass is 35.5. The topological polar surface area (TPSA) is 37.8 Å². The summed E-state index contributed by atoms with van der Waals surface area (Å²) in [7, 11) is 0. The van der Waals surface area contributed by atoms with E-state index in [-0.39, 0.29) is 0 Å². The van der Waals surface area contributed by atoms with Gasteiger partial charge in [-0.05, 0) is 49.3 Å². The summed E-state index contributed by atoms with van der Waals surface area (Å²) < 4.78 is 0. The van der Waals surface area contributed by atoms with Gasteiger partial charge in [0.15, 0.2) is 0 Å². The molecule has 3 nitrogen and oxygen atoms in total. The van der Waals surface area contributed by atoms with Crippen LogP contribution in [-0.4, -0.2) is 16.0 Å². The third-order valence-corrected chi connectivity index (χ3v) is 5.15. The number of aryl methyl sites for hydroxylation is 1. The summed E-state index contributed by atoms with van der Waals surface area (Å²) in [6.45, 7) is 6.78. The van der Waals surface area contributed by atoms with Crippen molar-refractivity contribution in [2.45, 2.75) is 52.5 Å². The minimum absolute atomic E-state index is 0.330. The molecule has 1 aliphatic rings. The monoisotopic (exact) mass is 309 g/mol. The fraction of sp³-hybridized carbons (Fsp3) is 0.600. The highest BCUT2D eigenvalue weighted by Crippen LogP contribution is 2.37. The lowest BCUT2D eigenvalue weighted by atomic mass is 9.75. The Kier molecular flexibility index (Phi) is 3.63. The molecule has 1 aliphatic carbocycles. The normalized spacial score (nSPS) is 22.1. The van der Waals surface area contributed by atoms with Crippen molar-refractivity contribution in [2.24, 2.45) is 5.41 Å². The van der Waals surface area contributed by atoms with E-state index in [0.29, 0.717) is 16.7 Å². The number of halogens is 1. The first-order chi connectivity index (χ1) is 9.43. The van der Waals surface area contributed by atoms with Gasteiger partial charge in [-0.3, -0.25) is 0 Å². The summed E-state index contributed by atoms with van der Waals surface area (Å²) >= 11 is 7.72. The minimum Gasteiger partial charge on any atom is -0.367 e. The van der Waals surface area contributed by atoms with Gasteiger partial charge in [0.05, 0.1) is 5.39 Å². The summed E-state index contributed by atoms with van der Waals surface area (Å²) in [6.07, 6.45) is 4.97. The molecule has 0 amide bonds. The van der Waals surface area contributed by atoms with Crippen LogP contribution in [0, 0.1) is 12.3 Å². The zero-order chi connectivity index (χ0) is 14.3. The maximum Gasteiger partial charge on any atom is 0.225 e. The van der Waals surface area contributed by atoms with Gasteiger partial charge in [0.2, 0.25) is 5.28 Å². The molecule has 0 aliphatic heterocycles. The van der Waals surface area contributed by atoms with Crippen LogP contribution < -0.4 is 5.32 Å². The standard InChI is InChI=1S/C15H20ClN3S/c1-9-7-11-12(18-14(16)19-13(11)20-9)17-10-5-4-6-15(2,3)8-10/h7,10H,4-6,8H2,1-3H3,(H,17,18,19). The molecule has 5 heteroatoms. The van der Waals surface area contributed by atoms with E-state index < -0.39 is 0 Å². The third kappa shape index (κ3) is 2.91. The smallest absolute Gasteiger partial charge is 0.225 e. The Balaban J connectivity index is 1.90. The molecule has 1 unspecified atom stereocenters. The molecule has 0 bridgehead atoms. The molecule has 2 heterocycles. The van der Waals surface area contributed by atoms with Gasteiger partial charge < -0.3 is 5.32 Å². The number of nitrogens with one attached hydrogen (secondary N) is 1. The van der Waals surface area contributed by atoms with Crippen molar-refractivity contribution in [2.75, 3.05) is 5.32 Å². The second kappa shape index (κ2) is 5.15. The lowest BCUT2D eigenvalue weighted by Crippen LogP contribution is -2.32. The molecule has 108 valence electrons. The molecule has 1 saturated carbocycles. The van der Waals surface area contributed by atoms with E-state index in [1.54, 1.807) is 11.3 Å². The Hall–Kier alpha value is -0.870. The Morgan fingerprint density at radius 1 is 1.40 bits per heavy atom. The number of hydrogen-bond donors (Lipinski definition) is 1. The molecule has 1 atom stereocenters. The number of anilines is 1. The van der Waals surface area contributed by atoms with Crippen molar-refractivity contribution < 1.29 is 0 Å². The number of nitrogens with zero attached hydrogens (tertiary/aromatic N) is 2. The molecular formula is C15H20ClN3S. The van der Waals surface area contributed by atoms with Crippen LogP contribution in [0.2, 0.25) is 5.28 Å². The first kappa shape index (κ1) is 14.1. The highest BCUT2D eigenvalue weighted by molar-refractivity contribution is 7.18. The number of thiophene rings is 1. The molecule has 1 fully saturated rings. The predicted octanol–water partition coefficient (Wildman–Crippen LogP) is 5.03. The van der Waals surface area contributed by atoms with Crippen molar-refractivity contribution in [3.63, 3.8) is 0 Å². The molecule has 0 radical (unpaired) electrons. The van der Waals surface area contributed by atoms with Gasteiger partial charge in [-0.15, -0.1) is 11.3 Å². The summed E-state index contributed by atoms with van der Waals surface area (Å²) in [5, 5.41) is 5.03. The Morgan fingerprint density at radius 2 is 2.20 bits per heavy atom. The van der Waals surface area contributed by atoms with Gasteiger partial charge in [0, 0.05) is 10.9 Å². The van der Waals surface area contributed by atoms with Crippen LogP contribution in [0.15, 0.2) is 6.07 Å². The zero-order valence-corrected chi connectivity index (χ0v) is 13.7. The number of fused-ring (bicyclic) bond motifs is 1. The van der Waals surface area contributed by atoms with Gasteiger partial charge in [-0.25, -0.2) is 9.97 Å². The fourth-order valence-electron chi connectivity index (χ4n) is 3.14. The molecule has 0 aromatic carbocycles. The van der Waals surface area contributed by atoms with Gasteiger partial charge in [0.1, 0.15) is 10.6 Å². The molecule has 1 N–H and O–H groups in total. The van der Waals surface area contributed by atoms with E-state index in [4.69, 9.17) is 11.6 Å². The predicted molar refractivity (Wildman–Crippen MR) is 86.8 cm³/mol. The lowest BCUT2D eigenvalue weighted by molar-refractivity contribution is 0.229. The first-order valence-electron chi connectivity index (χ1n) is 7.13. The van der Waals surface area contributed by atoms with Crippen molar-refractivity contribution >= 4 is 39.0 Å². The number of hydrogen-bond acceptors (Lipinski definition) is 4. The van der Waals surface area contributed by atoms with Gasteiger partial charge in [-0.1, -0.05) is 20.3 Å². The van der Waals surface area contributed by atoms with Gasteiger partial charge in [-0.2, -0.15) is 0 Å². The van der Waals surface area contributed by atoms with E-state index in [9.17, 15) is 0 Å². The largest absolute Gasteiger partial charge is 0.367 e. The van der Waals surface area contributed by atoms with Crippen LogP contribution in [-0.2, 0) is 0 Å².